The van der Waals surface area contributed by atoms with Gasteiger partial charge in [-0.05, 0) is 47.2 Å². The Morgan fingerprint density at radius 3 is 2.75 bits per heavy atom. The number of thioether (sulfide) groups is 1. The topological polar surface area (TPSA) is 76.9 Å². The summed E-state index contributed by atoms with van der Waals surface area (Å²) in [6.45, 7) is 0.635. The number of fused-ring (bicyclic) bond motifs is 1. The quantitative estimate of drug-likeness (QED) is 0.313. The molecule has 0 spiro atoms. The smallest absolute Gasteiger partial charge is 0.224 e. The predicted molar refractivity (Wildman–Crippen MR) is 127 cm³/mol. The molecule has 0 radical (unpaired) electrons. The summed E-state index contributed by atoms with van der Waals surface area (Å²) >= 11 is 3.02. The van der Waals surface area contributed by atoms with Crippen LogP contribution in [0.5, 0.6) is 0 Å². The highest BCUT2D eigenvalue weighted by atomic mass is 32.2. The Balaban J connectivity index is 1.36. The van der Waals surface area contributed by atoms with Crippen molar-refractivity contribution in [2.75, 3.05) is 11.1 Å². The van der Waals surface area contributed by atoms with E-state index < -0.39 is 0 Å². The minimum atomic E-state index is 0.0198. The van der Waals surface area contributed by atoms with Gasteiger partial charge in [0.2, 0.25) is 5.91 Å². The molecule has 6 nitrogen and oxygen atoms in total. The number of Topliss-reactive ketones (excluding diaryl/α,β-unsaturated/α-hetero) is 1. The van der Waals surface area contributed by atoms with Gasteiger partial charge in [-0.15, -0.1) is 21.5 Å². The molecule has 5 rings (SSSR count). The molecule has 2 aromatic heterocycles. The number of aromatic nitrogens is 3. The third-order valence-electron chi connectivity index (χ3n) is 5.30. The molecule has 0 atom stereocenters. The molecule has 2 aromatic carbocycles. The van der Waals surface area contributed by atoms with Gasteiger partial charge in [0.25, 0.3) is 0 Å². The number of carbonyl (C=O) groups excluding carboxylic acids is 2. The van der Waals surface area contributed by atoms with E-state index in [9.17, 15) is 9.59 Å². The maximum atomic E-state index is 12.9. The van der Waals surface area contributed by atoms with Gasteiger partial charge < -0.3 is 5.32 Å². The monoisotopic (exact) mass is 460 g/mol. The fraction of sp³-hybridized carbons (Fsp3) is 0.167. The lowest BCUT2D eigenvalue weighted by Crippen LogP contribution is -2.19. The van der Waals surface area contributed by atoms with E-state index >= 15 is 0 Å². The Morgan fingerprint density at radius 2 is 1.94 bits per heavy atom. The number of benzene rings is 2. The molecule has 0 fully saturated rings. The van der Waals surface area contributed by atoms with Gasteiger partial charge in [0, 0.05) is 17.7 Å². The highest BCUT2D eigenvalue weighted by Crippen LogP contribution is 2.29. The number of hydrogen-bond acceptors (Lipinski definition) is 6. The van der Waals surface area contributed by atoms with Crippen molar-refractivity contribution in [1.29, 1.82) is 0 Å². The normalized spacial score (nSPS) is 12.9. The van der Waals surface area contributed by atoms with Gasteiger partial charge in [-0.3, -0.25) is 14.2 Å². The minimum Gasteiger partial charge on any atom is -0.326 e. The second-order valence-corrected chi connectivity index (χ2v) is 9.38. The molecule has 0 saturated heterocycles. The zero-order valence-corrected chi connectivity index (χ0v) is 18.8. The van der Waals surface area contributed by atoms with Gasteiger partial charge in [-0.25, -0.2) is 0 Å². The van der Waals surface area contributed by atoms with E-state index in [1.165, 1.54) is 11.8 Å². The standard InChI is InChI=1S/C24H20N4O2S2/c29-20(18-8-10-19-17(13-18)9-11-22(30)25-19)15-32-24-27-26-23(21-7-4-12-31-21)28(24)14-16-5-2-1-3-6-16/h1-8,10,12-13H,9,11,14-15H2,(H,25,30). The Hall–Kier alpha value is -3.23. The van der Waals surface area contributed by atoms with E-state index in [1.54, 1.807) is 17.4 Å². The van der Waals surface area contributed by atoms with Crippen LogP contribution in [0.3, 0.4) is 0 Å². The number of ketones is 1. The first-order valence-corrected chi connectivity index (χ1v) is 12.1. The molecule has 4 aromatic rings. The van der Waals surface area contributed by atoms with Crippen LogP contribution in [0.4, 0.5) is 5.69 Å². The maximum Gasteiger partial charge on any atom is 0.224 e. The number of aryl methyl sites for hydroxylation is 1. The molecule has 3 heterocycles. The molecule has 1 amide bonds. The Labute approximate surface area is 193 Å². The van der Waals surface area contributed by atoms with Crippen LogP contribution in [-0.4, -0.2) is 32.2 Å². The molecule has 160 valence electrons. The summed E-state index contributed by atoms with van der Waals surface area (Å²) in [7, 11) is 0. The van der Waals surface area contributed by atoms with Crippen LogP contribution in [0.15, 0.2) is 71.2 Å². The van der Waals surface area contributed by atoms with Crippen molar-refractivity contribution in [3.05, 3.63) is 82.7 Å². The lowest BCUT2D eigenvalue weighted by Gasteiger charge is -2.17. The van der Waals surface area contributed by atoms with Crippen molar-refractivity contribution in [3.8, 4) is 10.7 Å². The number of amides is 1. The average molecular weight is 461 g/mol. The van der Waals surface area contributed by atoms with E-state index in [2.05, 4.69) is 32.2 Å². The van der Waals surface area contributed by atoms with E-state index in [-0.39, 0.29) is 17.4 Å². The number of rotatable bonds is 7. The first kappa shape index (κ1) is 20.7. The molecule has 1 N–H and O–H groups in total. The highest BCUT2D eigenvalue weighted by molar-refractivity contribution is 7.99. The summed E-state index contributed by atoms with van der Waals surface area (Å²) in [5.74, 6) is 1.12. The van der Waals surface area contributed by atoms with E-state index in [1.807, 2.05) is 47.8 Å². The summed E-state index contributed by atoms with van der Waals surface area (Å²) < 4.78 is 2.07. The molecule has 8 heteroatoms. The summed E-state index contributed by atoms with van der Waals surface area (Å²) in [6.07, 6.45) is 1.11. The average Bonchev–Trinajstić information content (AvgIpc) is 3.48. The second kappa shape index (κ2) is 9.10. The van der Waals surface area contributed by atoms with Crippen molar-refractivity contribution in [2.45, 2.75) is 24.5 Å². The number of anilines is 1. The zero-order valence-electron chi connectivity index (χ0n) is 17.2. The number of nitrogens with one attached hydrogen (secondary N) is 1. The largest absolute Gasteiger partial charge is 0.326 e. The molecule has 0 saturated carbocycles. The number of nitrogens with zero attached hydrogens (tertiary/aromatic N) is 3. The van der Waals surface area contributed by atoms with Gasteiger partial charge in [0.15, 0.2) is 16.8 Å². The first-order chi connectivity index (χ1) is 15.7. The number of carbonyl (C=O) groups is 2. The lowest BCUT2D eigenvalue weighted by atomic mass is 9.99. The minimum absolute atomic E-state index is 0.0198. The van der Waals surface area contributed by atoms with Crippen LogP contribution < -0.4 is 5.32 Å². The Morgan fingerprint density at radius 1 is 1.06 bits per heavy atom. The summed E-state index contributed by atoms with van der Waals surface area (Å²) in [5, 5.41) is 14.4. The van der Waals surface area contributed by atoms with Crippen molar-refractivity contribution in [1.82, 2.24) is 14.8 Å². The fourth-order valence-corrected chi connectivity index (χ4v) is 5.21. The van der Waals surface area contributed by atoms with Crippen LogP contribution >= 0.6 is 23.1 Å². The lowest BCUT2D eigenvalue weighted by molar-refractivity contribution is -0.116. The Kier molecular flexibility index (Phi) is 5.87. The first-order valence-electron chi connectivity index (χ1n) is 10.3. The van der Waals surface area contributed by atoms with Gasteiger partial charge >= 0.3 is 0 Å². The van der Waals surface area contributed by atoms with Gasteiger partial charge in [0.05, 0.1) is 17.2 Å². The molecular weight excluding hydrogens is 440 g/mol. The van der Waals surface area contributed by atoms with Crippen LogP contribution in [0.2, 0.25) is 0 Å². The molecule has 1 aliphatic rings. The second-order valence-electron chi connectivity index (χ2n) is 7.49. The molecule has 1 aliphatic heterocycles. The number of thiophene rings is 1. The predicted octanol–water partition coefficient (Wildman–Crippen LogP) is 4.91. The van der Waals surface area contributed by atoms with E-state index in [4.69, 9.17) is 0 Å². The van der Waals surface area contributed by atoms with Crippen molar-refractivity contribution < 1.29 is 9.59 Å². The summed E-state index contributed by atoms with van der Waals surface area (Å²) in [6, 6.07) is 19.7. The van der Waals surface area contributed by atoms with E-state index in [0.717, 1.165) is 32.7 Å². The van der Waals surface area contributed by atoms with Gasteiger partial charge in [-0.2, -0.15) is 0 Å². The summed E-state index contributed by atoms with van der Waals surface area (Å²) in [5.41, 5.74) is 3.61. The van der Waals surface area contributed by atoms with Crippen molar-refractivity contribution in [2.24, 2.45) is 0 Å². The Bertz CT molecular complexity index is 1270. The maximum absolute atomic E-state index is 12.9. The highest BCUT2D eigenvalue weighted by Gasteiger charge is 2.19. The molecular formula is C24H20N4O2S2. The molecule has 0 aliphatic carbocycles. The molecule has 0 unspecified atom stereocenters. The van der Waals surface area contributed by atoms with Crippen molar-refractivity contribution in [3.63, 3.8) is 0 Å². The van der Waals surface area contributed by atoms with Crippen LogP contribution in [0.25, 0.3) is 10.7 Å². The van der Waals surface area contributed by atoms with Crippen LogP contribution in [0, 0.1) is 0 Å². The van der Waals surface area contributed by atoms with Crippen LogP contribution in [-0.2, 0) is 17.8 Å². The summed E-state index contributed by atoms with van der Waals surface area (Å²) in [4.78, 5) is 25.5. The van der Waals surface area contributed by atoms with Crippen molar-refractivity contribution >= 4 is 40.5 Å². The van der Waals surface area contributed by atoms with E-state index in [0.29, 0.717) is 24.9 Å². The third-order valence-corrected chi connectivity index (χ3v) is 7.13. The zero-order chi connectivity index (χ0) is 21.9. The van der Waals surface area contributed by atoms with Gasteiger partial charge in [-0.1, -0.05) is 48.2 Å². The fourth-order valence-electron chi connectivity index (χ4n) is 3.66. The third kappa shape index (κ3) is 4.37. The van der Waals surface area contributed by atoms with Crippen LogP contribution in [0.1, 0.15) is 27.9 Å². The molecule has 32 heavy (non-hydrogen) atoms. The SMILES string of the molecule is O=C1CCc2cc(C(=O)CSc3nnc(-c4cccs4)n3Cc3ccccc3)ccc2N1. The molecule has 0 bridgehead atoms. The number of hydrogen-bond donors (Lipinski definition) is 1. The van der Waals surface area contributed by atoms with Gasteiger partial charge in [0.1, 0.15) is 0 Å².